The Morgan fingerprint density at radius 3 is 2.66 bits per heavy atom. The summed E-state index contributed by atoms with van der Waals surface area (Å²) in [4.78, 5) is 37.1. The summed E-state index contributed by atoms with van der Waals surface area (Å²) in [5.41, 5.74) is 4.08. The number of fused-ring (bicyclic) bond motifs is 2. The molecule has 1 atom stereocenters. The van der Waals surface area contributed by atoms with Crippen LogP contribution in [0.3, 0.4) is 0 Å². The first kappa shape index (κ1) is 38.3. The molecule has 3 N–H and O–H groups in total. The number of piperazine rings is 1. The van der Waals surface area contributed by atoms with Gasteiger partial charge in [0.2, 0.25) is 0 Å². The molecule has 58 heavy (non-hydrogen) atoms. The quantitative estimate of drug-likeness (QED) is 0.0686. The van der Waals surface area contributed by atoms with Crippen LogP contribution in [0.5, 0.6) is 11.5 Å². The van der Waals surface area contributed by atoms with Gasteiger partial charge in [-0.15, -0.1) is 0 Å². The summed E-state index contributed by atoms with van der Waals surface area (Å²) < 4.78 is 41.1. The minimum Gasteiger partial charge on any atom is -0.455 e. The van der Waals surface area contributed by atoms with Crippen LogP contribution in [0.4, 0.5) is 17.1 Å². The molecule has 4 heterocycles. The molecule has 0 radical (unpaired) electrons. The number of anilines is 2. The van der Waals surface area contributed by atoms with E-state index in [1.807, 2.05) is 18.2 Å². The standard InChI is InChI=1S/C42H44ClN7O7S/c43-35-6-3-5-33-32(35)4-1-2-7-37(33)49-16-14-48(15-17-49)29-8-10-34(39(19-29)57-30-18-28-12-13-44-40(28)46-24-30)41(51)47-58(54,55)31-9-11-36(38(20-31)50(52)53)45-23-27-21-42(22-27)25-56-26-42/h3,5-6,8-13,18-20,24,27,37,45H,1-2,4,7,14-17,21-23,25-26H2,(H,44,46)(H,47,51). The van der Waals surface area contributed by atoms with Gasteiger partial charge in [0.25, 0.3) is 21.6 Å². The number of halogens is 1. The summed E-state index contributed by atoms with van der Waals surface area (Å²) in [6.45, 7) is 5.12. The van der Waals surface area contributed by atoms with Gasteiger partial charge in [0.1, 0.15) is 22.8 Å². The van der Waals surface area contributed by atoms with Gasteiger partial charge < -0.3 is 24.7 Å². The Morgan fingerprint density at radius 1 is 1.05 bits per heavy atom. The molecule has 4 aliphatic rings. The molecule has 3 aromatic carbocycles. The number of amides is 1. The maximum Gasteiger partial charge on any atom is 0.293 e. The molecule has 1 spiro atoms. The minimum absolute atomic E-state index is 0.0324. The lowest BCUT2D eigenvalue weighted by molar-refractivity contribution is -0.384. The van der Waals surface area contributed by atoms with Crippen LogP contribution in [0.2, 0.25) is 5.02 Å². The number of rotatable bonds is 11. The third-order valence-corrected chi connectivity index (χ3v) is 13.8. The van der Waals surface area contributed by atoms with E-state index < -0.39 is 31.4 Å². The molecule has 302 valence electrons. The number of carbonyl (C=O) groups excluding carboxylic acids is 1. The number of benzene rings is 3. The molecule has 0 bridgehead atoms. The van der Waals surface area contributed by atoms with E-state index >= 15 is 0 Å². The van der Waals surface area contributed by atoms with E-state index in [1.165, 1.54) is 29.5 Å². The van der Waals surface area contributed by atoms with E-state index in [0.29, 0.717) is 23.9 Å². The number of aromatic nitrogens is 2. The maximum absolute atomic E-state index is 13.9. The minimum atomic E-state index is -4.54. The Bertz CT molecular complexity index is 2490. The Morgan fingerprint density at radius 2 is 1.88 bits per heavy atom. The third-order valence-electron chi connectivity index (χ3n) is 12.1. The van der Waals surface area contributed by atoms with Gasteiger partial charge in [0, 0.05) is 78.6 Å². The molecule has 1 unspecified atom stereocenters. The Labute approximate surface area is 341 Å². The van der Waals surface area contributed by atoms with Crippen molar-refractivity contribution in [1.82, 2.24) is 19.6 Å². The van der Waals surface area contributed by atoms with Gasteiger partial charge in [-0.05, 0) is 91.6 Å². The van der Waals surface area contributed by atoms with Crippen LogP contribution in [0.15, 0.2) is 84.0 Å². The molecule has 3 fully saturated rings. The lowest BCUT2D eigenvalue weighted by Gasteiger charge is -2.53. The number of carbonyl (C=O) groups is 1. The molecule has 16 heteroatoms. The van der Waals surface area contributed by atoms with E-state index in [2.05, 4.69) is 35.9 Å². The number of pyridine rings is 1. The van der Waals surface area contributed by atoms with Crippen molar-refractivity contribution >= 4 is 55.6 Å². The summed E-state index contributed by atoms with van der Waals surface area (Å²) in [6.07, 6.45) is 9.57. The van der Waals surface area contributed by atoms with Crippen LogP contribution in [-0.4, -0.2) is 80.1 Å². The Balaban J connectivity index is 0.935. The number of nitrogens with zero attached hydrogens (tertiary/aromatic N) is 4. The largest absolute Gasteiger partial charge is 0.455 e. The van der Waals surface area contributed by atoms with Crippen LogP contribution < -0.4 is 19.7 Å². The highest BCUT2D eigenvalue weighted by Gasteiger charge is 2.49. The summed E-state index contributed by atoms with van der Waals surface area (Å²) in [7, 11) is -4.54. The summed E-state index contributed by atoms with van der Waals surface area (Å²) in [6, 6.07) is 18.8. The van der Waals surface area contributed by atoms with Crippen LogP contribution in [0.1, 0.15) is 59.6 Å². The van der Waals surface area contributed by atoms with E-state index in [9.17, 15) is 23.3 Å². The third kappa shape index (κ3) is 7.59. The fourth-order valence-corrected chi connectivity index (χ4v) is 10.4. The number of H-pyrrole nitrogens is 1. The van der Waals surface area contributed by atoms with Crippen LogP contribution in [0.25, 0.3) is 11.0 Å². The zero-order valence-corrected chi connectivity index (χ0v) is 33.4. The van der Waals surface area contributed by atoms with Crippen LogP contribution in [-0.2, 0) is 21.2 Å². The smallest absolute Gasteiger partial charge is 0.293 e. The van der Waals surface area contributed by atoms with Crippen LogP contribution >= 0.6 is 11.6 Å². The zero-order valence-electron chi connectivity index (χ0n) is 31.8. The maximum atomic E-state index is 13.9. The van der Waals surface area contributed by atoms with Crippen molar-refractivity contribution in [1.29, 1.82) is 0 Å². The molecule has 9 rings (SSSR count). The number of hydrogen-bond donors (Lipinski definition) is 3. The molecule has 2 aromatic heterocycles. The van der Waals surface area contributed by atoms with Gasteiger partial charge in [-0.1, -0.05) is 30.2 Å². The second-order valence-electron chi connectivity index (χ2n) is 16.0. The topological polar surface area (TPSA) is 172 Å². The first-order chi connectivity index (χ1) is 28.0. The number of hydrogen-bond acceptors (Lipinski definition) is 11. The van der Waals surface area contributed by atoms with Crippen LogP contribution in [0, 0.1) is 21.4 Å². The molecule has 2 aliphatic carbocycles. The molecule has 1 amide bonds. The predicted molar refractivity (Wildman–Crippen MR) is 220 cm³/mol. The van der Waals surface area contributed by atoms with Gasteiger partial charge in [-0.25, -0.2) is 18.1 Å². The summed E-state index contributed by atoms with van der Waals surface area (Å²) >= 11 is 6.64. The van der Waals surface area contributed by atoms with Crippen molar-refractivity contribution in [3.63, 3.8) is 0 Å². The number of aromatic amines is 1. The molecular formula is C42H44ClN7O7S. The van der Waals surface area contributed by atoms with Gasteiger partial charge in [0.05, 0.1) is 34.8 Å². The number of nitro benzene ring substituents is 1. The zero-order chi connectivity index (χ0) is 40.0. The lowest BCUT2D eigenvalue weighted by Crippen LogP contribution is -2.53. The molecule has 5 aromatic rings. The van der Waals surface area contributed by atoms with Crippen molar-refractivity contribution in [2.24, 2.45) is 11.3 Å². The van der Waals surface area contributed by atoms with E-state index in [4.69, 9.17) is 21.1 Å². The normalized spacial score (nSPS) is 19.5. The van der Waals surface area contributed by atoms with Gasteiger partial charge in [-0.2, -0.15) is 0 Å². The SMILES string of the molecule is O=C(NS(=O)(=O)c1ccc(NCC2CC3(COC3)C2)c([N+](=O)[O-])c1)c1ccc(N2CCN(C3CCCCc4c(Cl)cccc43)CC2)cc1Oc1cnc2[nH]ccc2c1. The first-order valence-electron chi connectivity index (χ1n) is 19.7. The fourth-order valence-electron chi connectivity index (χ4n) is 9.10. The van der Waals surface area contributed by atoms with E-state index in [0.717, 1.165) is 100 Å². The highest BCUT2D eigenvalue weighted by atomic mass is 35.5. The fraction of sp³-hybridized carbons (Fsp3) is 0.381. The number of ether oxygens (including phenoxy) is 2. The van der Waals surface area contributed by atoms with Gasteiger partial charge >= 0.3 is 0 Å². The Kier molecular flexibility index (Phi) is 10.2. The average molecular weight is 826 g/mol. The summed E-state index contributed by atoms with van der Waals surface area (Å²) in [5.74, 6) is -0.109. The monoisotopic (exact) mass is 825 g/mol. The lowest BCUT2D eigenvalue weighted by atomic mass is 9.61. The number of nitro groups is 1. The van der Waals surface area contributed by atoms with E-state index in [-0.39, 0.29) is 28.5 Å². The predicted octanol–water partition coefficient (Wildman–Crippen LogP) is 7.46. The number of sulfonamides is 1. The van der Waals surface area contributed by atoms with Crippen molar-refractivity contribution in [3.05, 3.63) is 111 Å². The van der Waals surface area contributed by atoms with Gasteiger partial charge in [-0.3, -0.25) is 19.8 Å². The summed E-state index contributed by atoms with van der Waals surface area (Å²) in [5, 5.41) is 16.8. The molecule has 14 nitrogen and oxygen atoms in total. The molecule has 2 saturated heterocycles. The highest BCUT2D eigenvalue weighted by Crippen LogP contribution is 2.50. The molecule has 2 aliphatic heterocycles. The van der Waals surface area contributed by atoms with Crippen molar-refractivity contribution < 1.29 is 27.6 Å². The number of nitrogens with one attached hydrogen (secondary N) is 3. The average Bonchev–Trinajstić information content (AvgIpc) is 3.54. The molecule has 1 saturated carbocycles. The molecular weight excluding hydrogens is 782 g/mol. The van der Waals surface area contributed by atoms with Crippen molar-refractivity contribution in [2.45, 2.75) is 49.5 Å². The Hall–Kier alpha value is -5.22. The highest BCUT2D eigenvalue weighted by molar-refractivity contribution is 7.90. The van der Waals surface area contributed by atoms with Crippen molar-refractivity contribution in [2.75, 3.05) is 56.2 Å². The van der Waals surface area contributed by atoms with E-state index in [1.54, 1.807) is 30.5 Å². The second kappa shape index (κ2) is 15.5. The second-order valence-corrected chi connectivity index (χ2v) is 18.1. The first-order valence-corrected chi connectivity index (χ1v) is 21.6. The van der Waals surface area contributed by atoms with Crippen molar-refractivity contribution in [3.8, 4) is 11.5 Å². The van der Waals surface area contributed by atoms with Gasteiger partial charge in [0.15, 0.2) is 0 Å².